The molecule has 3 amide bonds. The van der Waals surface area contributed by atoms with Crippen molar-refractivity contribution in [2.45, 2.75) is 58.1 Å². The smallest absolute Gasteiger partial charge is 0.331 e. The zero-order valence-corrected chi connectivity index (χ0v) is 14.5. The zero-order chi connectivity index (χ0) is 18.2. The third kappa shape index (κ3) is 6.45. The van der Waals surface area contributed by atoms with Gasteiger partial charge in [0.05, 0.1) is 0 Å². The maximum absolute atomic E-state index is 11.9. The highest BCUT2D eigenvalue weighted by molar-refractivity contribution is 5.98. The molecule has 0 spiro atoms. The molecule has 0 saturated heterocycles. The Labute approximate surface area is 146 Å². The molecular formula is C18H24N2O5. The Morgan fingerprint density at radius 3 is 2.60 bits per heavy atom. The number of nitrogens with one attached hydrogen (secondary N) is 2. The predicted molar refractivity (Wildman–Crippen MR) is 91.6 cm³/mol. The zero-order valence-electron chi connectivity index (χ0n) is 14.5. The van der Waals surface area contributed by atoms with Crippen LogP contribution in [0.1, 0.15) is 50.5 Å². The van der Waals surface area contributed by atoms with Gasteiger partial charge in [0, 0.05) is 12.1 Å². The fourth-order valence-electron chi connectivity index (χ4n) is 2.64. The van der Waals surface area contributed by atoms with Crippen molar-refractivity contribution >= 4 is 24.0 Å². The Morgan fingerprint density at radius 2 is 1.96 bits per heavy atom. The van der Waals surface area contributed by atoms with Gasteiger partial charge in [-0.2, -0.15) is 0 Å². The van der Waals surface area contributed by atoms with Crippen LogP contribution < -0.4 is 10.6 Å². The van der Waals surface area contributed by atoms with Crippen LogP contribution in [-0.4, -0.2) is 30.1 Å². The molecule has 136 valence electrons. The molecule has 7 heteroatoms. The van der Waals surface area contributed by atoms with Gasteiger partial charge >= 0.3 is 12.0 Å². The molecule has 0 radical (unpaired) electrons. The fourth-order valence-corrected chi connectivity index (χ4v) is 2.64. The number of rotatable bonds is 5. The third-order valence-electron chi connectivity index (χ3n) is 3.98. The molecule has 0 bridgehead atoms. The number of amides is 3. The van der Waals surface area contributed by atoms with E-state index in [2.05, 4.69) is 10.6 Å². The minimum atomic E-state index is -1.08. The lowest BCUT2D eigenvalue weighted by Gasteiger charge is -2.23. The molecule has 1 atom stereocenters. The summed E-state index contributed by atoms with van der Waals surface area (Å²) in [6.45, 7) is 3.20. The van der Waals surface area contributed by atoms with Crippen molar-refractivity contribution < 1.29 is 23.5 Å². The number of hydrogen-bond acceptors (Lipinski definition) is 5. The van der Waals surface area contributed by atoms with E-state index in [1.165, 1.54) is 25.5 Å². The van der Waals surface area contributed by atoms with Gasteiger partial charge in [0.15, 0.2) is 6.10 Å². The minimum Gasteiger partial charge on any atom is -0.462 e. The molecular weight excluding hydrogens is 324 g/mol. The molecule has 1 unspecified atom stereocenters. The molecule has 1 aromatic heterocycles. The van der Waals surface area contributed by atoms with Crippen LogP contribution in [0.25, 0.3) is 6.08 Å². The second-order valence-electron chi connectivity index (χ2n) is 6.16. The minimum absolute atomic E-state index is 0.0964. The van der Waals surface area contributed by atoms with E-state index >= 15 is 0 Å². The van der Waals surface area contributed by atoms with E-state index in [9.17, 15) is 14.4 Å². The summed E-state index contributed by atoms with van der Waals surface area (Å²) in [4.78, 5) is 35.4. The highest BCUT2D eigenvalue weighted by atomic mass is 16.5. The Balaban J connectivity index is 1.74. The van der Waals surface area contributed by atoms with E-state index in [0.717, 1.165) is 31.4 Å². The summed E-state index contributed by atoms with van der Waals surface area (Å²) in [5, 5.41) is 4.97. The number of esters is 1. The average molecular weight is 348 g/mol. The van der Waals surface area contributed by atoms with Gasteiger partial charge in [-0.1, -0.05) is 19.3 Å². The summed E-state index contributed by atoms with van der Waals surface area (Å²) >= 11 is 0. The van der Waals surface area contributed by atoms with Gasteiger partial charge in [-0.15, -0.1) is 0 Å². The van der Waals surface area contributed by atoms with Crippen molar-refractivity contribution in [1.82, 2.24) is 10.6 Å². The highest BCUT2D eigenvalue weighted by Gasteiger charge is 2.21. The molecule has 0 aromatic carbocycles. The van der Waals surface area contributed by atoms with Crippen molar-refractivity contribution in [3.05, 3.63) is 29.7 Å². The summed E-state index contributed by atoms with van der Waals surface area (Å²) < 4.78 is 10.3. The van der Waals surface area contributed by atoms with Gasteiger partial charge in [-0.05, 0) is 44.9 Å². The first-order valence-electron chi connectivity index (χ1n) is 8.50. The molecule has 1 saturated carbocycles. The molecule has 1 fully saturated rings. The van der Waals surface area contributed by atoms with Crippen LogP contribution in [0, 0.1) is 6.92 Å². The number of urea groups is 1. The predicted octanol–water partition coefficient (Wildman–Crippen LogP) is 2.69. The Kier molecular flexibility index (Phi) is 6.80. The third-order valence-corrected chi connectivity index (χ3v) is 3.98. The number of imide groups is 1. The first-order chi connectivity index (χ1) is 11.9. The average Bonchev–Trinajstić information content (AvgIpc) is 2.99. The normalized spacial score (nSPS) is 16.4. The summed E-state index contributed by atoms with van der Waals surface area (Å²) in [5.74, 6) is -0.114. The monoisotopic (exact) mass is 348 g/mol. The lowest BCUT2D eigenvalue weighted by Crippen LogP contribution is -2.48. The largest absolute Gasteiger partial charge is 0.462 e. The van der Waals surface area contributed by atoms with Crippen LogP contribution in [0.5, 0.6) is 0 Å². The topological polar surface area (TPSA) is 97.6 Å². The second-order valence-corrected chi connectivity index (χ2v) is 6.16. The van der Waals surface area contributed by atoms with Gasteiger partial charge in [0.2, 0.25) is 0 Å². The maximum atomic E-state index is 11.9. The van der Waals surface area contributed by atoms with Crippen molar-refractivity contribution in [2.75, 3.05) is 0 Å². The Hall–Kier alpha value is -2.57. The number of aryl methyl sites for hydroxylation is 1. The lowest BCUT2D eigenvalue weighted by molar-refractivity contribution is -0.149. The SMILES string of the molecule is Cc1ccc(/C=C/C(=O)OC(C)C(=O)NC(=O)NC2CCCCC2)o1. The maximum Gasteiger partial charge on any atom is 0.331 e. The summed E-state index contributed by atoms with van der Waals surface area (Å²) in [5.41, 5.74) is 0. The van der Waals surface area contributed by atoms with E-state index in [1.807, 2.05) is 0 Å². The van der Waals surface area contributed by atoms with Crippen LogP contribution in [0.3, 0.4) is 0 Å². The van der Waals surface area contributed by atoms with E-state index in [4.69, 9.17) is 9.15 Å². The van der Waals surface area contributed by atoms with Gasteiger partial charge in [-0.25, -0.2) is 9.59 Å². The lowest BCUT2D eigenvalue weighted by atomic mass is 9.96. The number of carbonyl (C=O) groups excluding carboxylic acids is 3. The van der Waals surface area contributed by atoms with Crippen molar-refractivity contribution in [3.8, 4) is 0 Å². The molecule has 1 heterocycles. The molecule has 1 aliphatic carbocycles. The Bertz CT molecular complexity index is 644. The molecule has 0 aliphatic heterocycles. The molecule has 2 N–H and O–H groups in total. The summed E-state index contributed by atoms with van der Waals surface area (Å²) in [6, 6.07) is 3.03. The number of carbonyl (C=O) groups is 3. The molecule has 1 aromatic rings. The number of ether oxygens (including phenoxy) is 1. The second kappa shape index (κ2) is 9.05. The van der Waals surface area contributed by atoms with E-state index < -0.39 is 24.0 Å². The van der Waals surface area contributed by atoms with Gasteiger partial charge in [0.25, 0.3) is 5.91 Å². The van der Waals surface area contributed by atoms with Gasteiger partial charge < -0.3 is 14.5 Å². The van der Waals surface area contributed by atoms with Crippen LogP contribution in [0.2, 0.25) is 0 Å². The quantitative estimate of drug-likeness (QED) is 0.630. The van der Waals surface area contributed by atoms with Gasteiger partial charge in [0.1, 0.15) is 11.5 Å². The molecule has 25 heavy (non-hydrogen) atoms. The first-order valence-corrected chi connectivity index (χ1v) is 8.50. The fraction of sp³-hybridized carbons (Fsp3) is 0.500. The highest BCUT2D eigenvalue weighted by Crippen LogP contribution is 2.17. The van der Waals surface area contributed by atoms with Crippen LogP contribution in [0.4, 0.5) is 4.79 Å². The first kappa shape index (κ1) is 18.8. The number of furan rings is 1. The summed E-state index contributed by atoms with van der Waals surface area (Å²) in [7, 11) is 0. The Morgan fingerprint density at radius 1 is 1.24 bits per heavy atom. The number of hydrogen-bond donors (Lipinski definition) is 2. The van der Waals surface area contributed by atoms with E-state index in [-0.39, 0.29) is 6.04 Å². The van der Waals surface area contributed by atoms with Crippen LogP contribution in [0.15, 0.2) is 22.6 Å². The summed E-state index contributed by atoms with van der Waals surface area (Å²) in [6.07, 6.45) is 6.72. The van der Waals surface area contributed by atoms with Crippen LogP contribution in [-0.2, 0) is 14.3 Å². The van der Waals surface area contributed by atoms with Crippen molar-refractivity contribution in [1.29, 1.82) is 0 Å². The van der Waals surface area contributed by atoms with E-state index in [1.54, 1.807) is 19.1 Å². The molecule has 2 rings (SSSR count). The molecule has 7 nitrogen and oxygen atoms in total. The van der Waals surface area contributed by atoms with Gasteiger partial charge in [-0.3, -0.25) is 10.1 Å². The van der Waals surface area contributed by atoms with Crippen molar-refractivity contribution in [2.24, 2.45) is 0 Å². The van der Waals surface area contributed by atoms with E-state index in [0.29, 0.717) is 5.76 Å². The standard InChI is InChI=1S/C18H24N2O5/c1-12-8-9-15(24-12)10-11-16(21)25-13(2)17(22)20-18(23)19-14-6-4-3-5-7-14/h8-11,13-14H,3-7H2,1-2H3,(H2,19,20,22,23)/b11-10+. The van der Waals surface area contributed by atoms with Crippen LogP contribution >= 0.6 is 0 Å². The molecule has 1 aliphatic rings. The van der Waals surface area contributed by atoms with Crippen molar-refractivity contribution in [3.63, 3.8) is 0 Å².